The van der Waals surface area contributed by atoms with Gasteiger partial charge in [0, 0.05) is 6.92 Å². The number of fused-ring (bicyclic) bond motifs is 1. The van der Waals surface area contributed by atoms with E-state index in [0.29, 0.717) is 17.0 Å². The van der Waals surface area contributed by atoms with Crippen LogP contribution in [0.3, 0.4) is 0 Å². The van der Waals surface area contributed by atoms with Gasteiger partial charge in [0.15, 0.2) is 11.3 Å². The molecule has 4 rings (SSSR count). The van der Waals surface area contributed by atoms with Gasteiger partial charge in [0.1, 0.15) is 36.8 Å². The Kier molecular flexibility index (Phi) is 9.69. The van der Waals surface area contributed by atoms with Crippen molar-refractivity contribution >= 4 is 45.4 Å². The second kappa shape index (κ2) is 12.7. The molecule has 2 unspecified atom stereocenters. The Labute approximate surface area is 213 Å². The molecule has 15 heteroatoms. The second-order valence-electron chi connectivity index (χ2n) is 7.11. The van der Waals surface area contributed by atoms with Crippen molar-refractivity contribution in [1.29, 1.82) is 0 Å². The molecule has 2 atom stereocenters. The fraction of sp³-hybridized carbons (Fsp3) is 0.190. The van der Waals surface area contributed by atoms with Crippen molar-refractivity contribution in [2.45, 2.75) is 12.9 Å². The SMILES string of the molecule is CC(OC[PH](=O)Oc1ccccc1)(OC[PH](=O)Oc1ccccc1)On1cnc2c(N)ncnc21.Cl. The van der Waals surface area contributed by atoms with Gasteiger partial charge in [0.05, 0.1) is 0 Å². The molecule has 0 bridgehead atoms. The molecule has 2 heterocycles. The maximum absolute atomic E-state index is 12.5. The summed E-state index contributed by atoms with van der Waals surface area (Å²) in [4.78, 5) is 17.9. The average molecular weight is 556 g/mol. The van der Waals surface area contributed by atoms with Gasteiger partial charge in [-0.15, -0.1) is 17.1 Å². The second-order valence-corrected chi connectivity index (χ2v) is 9.58. The van der Waals surface area contributed by atoms with Crippen LogP contribution < -0.4 is 19.6 Å². The molecule has 0 spiro atoms. The summed E-state index contributed by atoms with van der Waals surface area (Å²) in [5, 5.41) is 0. The van der Waals surface area contributed by atoms with Crippen LogP contribution in [0.4, 0.5) is 5.82 Å². The molecule has 2 aromatic carbocycles. The molecule has 0 aliphatic carbocycles. The molecule has 192 valence electrons. The van der Waals surface area contributed by atoms with Crippen LogP contribution in [0.5, 0.6) is 11.5 Å². The molecule has 0 aliphatic heterocycles. The third kappa shape index (κ3) is 7.43. The highest BCUT2D eigenvalue weighted by Crippen LogP contribution is 2.32. The number of aromatic nitrogens is 4. The third-order valence-electron chi connectivity index (χ3n) is 4.45. The Morgan fingerprint density at radius 1 is 0.861 bits per heavy atom. The number of nitrogen functional groups attached to an aromatic ring is 1. The maximum atomic E-state index is 12.5. The molecule has 0 fully saturated rings. The molecule has 2 aromatic heterocycles. The van der Waals surface area contributed by atoms with Gasteiger partial charge in [-0.2, -0.15) is 0 Å². The molecule has 2 N–H and O–H groups in total. The van der Waals surface area contributed by atoms with E-state index in [1.54, 1.807) is 48.5 Å². The highest BCUT2D eigenvalue weighted by Gasteiger charge is 2.33. The fourth-order valence-electron chi connectivity index (χ4n) is 2.85. The number of ether oxygens (including phenoxy) is 2. The molecular formula is C21H24ClN5O7P2. The van der Waals surface area contributed by atoms with E-state index in [4.69, 9.17) is 29.1 Å². The Morgan fingerprint density at radius 2 is 1.39 bits per heavy atom. The number of nitrogens with two attached hydrogens (primary N) is 1. The number of imidazole rings is 1. The van der Waals surface area contributed by atoms with Gasteiger partial charge in [-0.1, -0.05) is 36.4 Å². The zero-order chi connectivity index (χ0) is 24.7. The van der Waals surface area contributed by atoms with Crippen molar-refractivity contribution in [1.82, 2.24) is 19.7 Å². The minimum Gasteiger partial charge on any atom is -0.443 e. The highest BCUT2D eigenvalue weighted by atomic mass is 35.5. The van der Waals surface area contributed by atoms with Crippen molar-refractivity contribution < 1.29 is 32.5 Å². The van der Waals surface area contributed by atoms with Gasteiger partial charge in [0.2, 0.25) is 5.65 Å². The maximum Gasteiger partial charge on any atom is 0.346 e. The van der Waals surface area contributed by atoms with Gasteiger partial charge in [0.25, 0.3) is 16.1 Å². The number of benzene rings is 2. The minimum absolute atomic E-state index is 0. The monoisotopic (exact) mass is 555 g/mol. The molecule has 0 aliphatic rings. The first-order chi connectivity index (χ1) is 16.9. The zero-order valence-corrected chi connectivity index (χ0v) is 21.8. The lowest BCUT2D eigenvalue weighted by molar-refractivity contribution is -0.355. The van der Waals surface area contributed by atoms with E-state index in [1.807, 2.05) is 12.1 Å². The van der Waals surface area contributed by atoms with E-state index in [0.717, 1.165) is 4.73 Å². The van der Waals surface area contributed by atoms with Crippen molar-refractivity contribution in [3.63, 3.8) is 0 Å². The molecular weight excluding hydrogens is 532 g/mol. The number of halogens is 1. The molecule has 0 amide bonds. The summed E-state index contributed by atoms with van der Waals surface area (Å²) >= 11 is 0. The summed E-state index contributed by atoms with van der Waals surface area (Å²) in [5.41, 5.74) is 6.37. The van der Waals surface area contributed by atoms with Crippen LogP contribution in [-0.4, -0.2) is 38.4 Å². The quantitative estimate of drug-likeness (QED) is 0.200. The predicted octanol–water partition coefficient (Wildman–Crippen LogP) is 3.99. The van der Waals surface area contributed by atoms with E-state index in [1.165, 1.54) is 19.6 Å². The van der Waals surface area contributed by atoms with Crippen LogP contribution in [0.2, 0.25) is 0 Å². The van der Waals surface area contributed by atoms with Crippen LogP contribution in [0.1, 0.15) is 6.92 Å². The third-order valence-corrected chi connectivity index (χ3v) is 6.14. The number of para-hydroxylation sites is 2. The van der Waals surface area contributed by atoms with Crippen LogP contribution in [0.25, 0.3) is 11.2 Å². The predicted molar refractivity (Wildman–Crippen MR) is 136 cm³/mol. The lowest BCUT2D eigenvalue weighted by atomic mass is 10.3. The summed E-state index contributed by atoms with van der Waals surface area (Å²) in [5.74, 6) is -0.854. The lowest BCUT2D eigenvalue weighted by Crippen LogP contribution is -2.43. The molecule has 4 aromatic rings. The smallest absolute Gasteiger partial charge is 0.346 e. The van der Waals surface area contributed by atoms with Crippen LogP contribution in [0, 0.1) is 0 Å². The van der Waals surface area contributed by atoms with Crippen molar-refractivity contribution in [3.8, 4) is 11.5 Å². The first-order valence-corrected chi connectivity index (χ1v) is 13.4. The van der Waals surface area contributed by atoms with Crippen LogP contribution in [-0.2, 0) is 18.6 Å². The first kappa shape index (κ1) is 27.4. The van der Waals surface area contributed by atoms with Crippen molar-refractivity contribution in [2.24, 2.45) is 0 Å². The van der Waals surface area contributed by atoms with Crippen LogP contribution >= 0.6 is 28.5 Å². The molecule has 0 saturated carbocycles. The van der Waals surface area contributed by atoms with Gasteiger partial charge in [-0.25, -0.2) is 15.0 Å². The topological polar surface area (TPSA) is 150 Å². The molecule has 12 nitrogen and oxygen atoms in total. The Balaban J connectivity index is 0.00000361. The van der Waals surface area contributed by atoms with E-state index in [-0.39, 0.29) is 36.6 Å². The molecule has 0 saturated heterocycles. The van der Waals surface area contributed by atoms with Gasteiger partial charge in [-0.05, 0) is 24.3 Å². The number of rotatable bonds is 12. The average Bonchev–Trinajstić information content (AvgIpc) is 3.27. The summed E-state index contributed by atoms with van der Waals surface area (Å²) in [6.07, 6.45) is 1.82. The number of hydrogen-bond acceptors (Lipinski definition) is 11. The summed E-state index contributed by atoms with van der Waals surface area (Å²) < 4.78 is 48.3. The largest absolute Gasteiger partial charge is 0.443 e. The number of anilines is 1. The lowest BCUT2D eigenvalue weighted by Gasteiger charge is -2.29. The van der Waals surface area contributed by atoms with Crippen LogP contribution in [0.15, 0.2) is 73.3 Å². The standard InChI is InChI=1S/C21H23N5O7P2.ClH/c1-21(29-14-34(27)31-16-8-4-2-5-9-16,30-15-35(28)32-17-10-6-3-7-11-17)33-26-13-25-18-19(22)23-12-24-20(18)26;/h2-13,34-35H,14-15H2,1H3,(H2,22,23,24);1H. The van der Waals surface area contributed by atoms with E-state index in [9.17, 15) is 9.13 Å². The zero-order valence-electron chi connectivity index (χ0n) is 19.0. The Hall–Kier alpha value is -3.14. The normalized spacial score (nSPS) is 14.2. The highest BCUT2D eigenvalue weighted by molar-refractivity contribution is 7.39. The summed E-state index contributed by atoms with van der Waals surface area (Å²) in [7, 11) is -5.38. The van der Waals surface area contributed by atoms with E-state index in [2.05, 4.69) is 15.0 Å². The summed E-state index contributed by atoms with van der Waals surface area (Å²) in [6.45, 7) is 1.42. The minimum atomic E-state index is -2.69. The first-order valence-electron chi connectivity index (χ1n) is 10.3. The molecule has 0 radical (unpaired) electrons. The van der Waals surface area contributed by atoms with Gasteiger partial charge < -0.3 is 29.1 Å². The van der Waals surface area contributed by atoms with Crippen molar-refractivity contribution in [3.05, 3.63) is 73.3 Å². The molecule has 36 heavy (non-hydrogen) atoms. The number of nitrogens with zero attached hydrogens (tertiary/aromatic N) is 4. The van der Waals surface area contributed by atoms with Crippen molar-refractivity contribution in [2.75, 3.05) is 18.4 Å². The van der Waals surface area contributed by atoms with E-state index < -0.39 is 22.0 Å². The van der Waals surface area contributed by atoms with Gasteiger partial charge in [-0.3, -0.25) is 9.13 Å². The fourth-order valence-corrected chi connectivity index (χ4v) is 4.53. The number of hydrogen-bond donors (Lipinski definition) is 1. The Morgan fingerprint density at radius 3 is 1.92 bits per heavy atom. The Bertz CT molecular complexity index is 1260. The van der Waals surface area contributed by atoms with Gasteiger partial charge >= 0.3 is 5.97 Å². The summed E-state index contributed by atoms with van der Waals surface area (Å²) in [6, 6.07) is 17.3. The van der Waals surface area contributed by atoms with E-state index >= 15 is 0 Å².